The maximum Gasteiger partial charge on any atom is 0.470 e. The summed E-state index contributed by atoms with van der Waals surface area (Å²) in [5.41, 5.74) is 5.29. The van der Waals surface area contributed by atoms with Crippen LogP contribution in [0.4, 0.5) is 0 Å². The van der Waals surface area contributed by atoms with Gasteiger partial charge in [-0.1, -0.05) is 0 Å². The molecule has 19 nitrogen and oxygen atoms in total. The average Bonchev–Trinajstić information content (AvgIpc) is 2.73. The third kappa shape index (κ3) is 8.99. The third-order valence-corrected chi connectivity index (χ3v) is 5.81. The summed E-state index contributed by atoms with van der Waals surface area (Å²) in [6.07, 6.45) is -16.5. The van der Waals surface area contributed by atoms with Gasteiger partial charge in [-0.05, 0) is 0 Å². The zero-order valence-corrected chi connectivity index (χ0v) is 19.4. The number of hydrogen-bond acceptors (Lipinski definition) is 14. The predicted octanol–water partition coefficient (Wildman–Crippen LogP) is -5.09. The fraction of sp³-hybridized carbons (Fsp3) is 0.929. The van der Waals surface area contributed by atoms with Crippen LogP contribution in [-0.4, -0.2) is 132 Å². The van der Waals surface area contributed by atoms with Crippen LogP contribution in [0.1, 0.15) is 0 Å². The van der Waals surface area contributed by atoms with Gasteiger partial charge in [-0.2, -0.15) is 0 Å². The number of aliphatic hydroxyl groups is 4. The first-order valence-corrected chi connectivity index (χ1v) is 12.7. The smallest absolute Gasteiger partial charge is 0.470 e. The minimum atomic E-state index is -5.28. The van der Waals surface area contributed by atoms with Gasteiger partial charge in [0.1, 0.15) is 48.8 Å². The summed E-state index contributed by atoms with van der Waals surface area (Å²) in [5, 5.41) is 49.5. The van der Waals surface area contributed by atoms with E-state index in [1.165, 1.54) is 0 Å². The number of hydrogen-bond donors (Lipinski definition) is 10. The maximum absolute atomic E-state index is 11.3. The maximum atomic E-state index is 11.3. The number of phosphoric acid groups is 2. The van der Waals surface area contributed by atoms with E-state index in [9.17, 15) is 34.4 Å². The van der Waals surface area contributed by atoms with Crippen molar-refractivity contribution in [3.05, 3.63) is 0 Å². The lowest BCUT2D eigenvalue weighted by Crippen LogP contribution is -2.62. The second-order valence-electron chi connectivity index (χ2n) is 7.51. The molecular weight excluding hydrogens is 532 g/mol. The van der Waals surface area contributed by atoms with Crippen LogP contribution < -0.4 is 5.73 Å². The van der Waals surface area contributed by atoms with Crippen LogP contribution in [0.2, 0.25) is 0 Å². The number of nitrogens with two attached hydrogens (primary N) is 1. The summed E-state index contributed by atoms with van der Waals surface area (Å²) in [4.78, 5) is 46.7. The Kier molecular flexibility index (Phi) is 10.7. The third-order valence-electron chi connectivity index (χ3n) is 4.81. The Morgan fingerprint density at radius 3 is 2.14 bits per heavy atom. The molecule has 10 atom stereocenters. The van der Waals surface area contributed by atoms with Gasteiger partial charge < -0.3 is 69.8 Å². The van der Waals surface area contributed by atoms with Crippen LogP contribution in [0, 0.1) is 0 Å². The highest BCUT2D eigenvalue weighted by Crippen LogP contribution is 2.41. The van der Waals surface area contributed by atoms with Gasteiger partial charge >= 0.3 is 21.6 Å². The van der Waals surface area contributed by atoms with E-state index in [0.717, 1.165) is 0 Å². The number of aliphatic hydroxyl groups excluding tert-OH is 4. The molecule has 11 N–H and O–H groups in total. The lowest BCUT2D eigenvalue weighted by Gasteiger charge is -2.44. The first-order valence-electron chi connectivity index (χ1n) is 9.69. The Hall–Kier alpha value is -0.670. The zero-order valence-electron chi connectivity index (χ0n) is 17.6. The highest BCUT2D eigenvalue weighted by Gasteiger charge is 2.50. The Morgan fingerprint density at radius 2 is 1.60 bits per heavy atom. The molecule has 0 aromatic heterocycles. The molecule has 0 unspecified atom stereocenters. The molecule has 0 aromatic carbocycles. The van der Waals surface area contributed by atoms with Gasteiger partial charge in [-0.15, -0.1) is 0 Å². The van der Waals surface area contributed by atoms with Crippen molar-refractivity contribution in [2.45, 2.75) is 61.3 Å². The molecular formula is C14H27NO18P2. The van der Waals surface area contributed by atoms with Crippen molar-refractivity contribution in [1.82, 2.24) is 0 Å². The molecule has 0 aromatic rings. The van der Waals surface area contributed by atoms with Gasteiger partial charge in [0.15, 0.2) is 12.6 Å². The molecule has 0 aliphatic carbocycles. The number of rotatable bonds is 11. The molecule has 2 aliphatic heterocycles. The molecule has 206 valence electrons. The first kappa shape index (κ1) is 30.6. The van der Waals surface area contributed by atoms with E-state index in [4.69, 9.17) is 49.4 Å². The SMILES string of the molecule is N[C@@H](CO[C@@H]1OC[C@@H](O[C@@H]2O[C@H](COP(=O)(O)O)[C@H](O)[C@H](O)[C@H]2O)[C@H](O)[C@H]1OP(=O)(O)O)C(=O)O. The molecule has 0 amide bonds. The van der Waals surface area contributed by atoms with E-state index in [2.05, 4.69) is 9.05 Å². The van der Waals surface area contributed by atoms with E-state index in [1.54, 1.807) is 0 Å². The van der Waals surface area contributed by atoms with Gasteiger partial charge in [0.2, 0.25) is 0 Å². The van der Waals surface area contributed by atoms with Crippen LogP contribution in [0.3, 0.4) is 0 Å². The van der Waals surface area contributed by atoms with Crippen LogP contribution in [0.25, 0.3) is 0 Å². The lowest BCUT2D eigenvalue weighted by atomic mass is 9.99. The molecule has 2 fully saturated rings. The average molecular weight is 559 g/mol. The molecule has 2 aliphatic rings. The normalized spacial score (nSPS) is 37.7. The van der Waals surface area contributed by atoms with Crippen LogP contribution >= 0.6 is 15.6 Å². The number of carboxylic acids is 1. The predicted molar refractivity (Wildman–Crippen MR) is 104 cm³/mol. The monoisotopic (exact) mass is 559 g/mol. The number of carboxylic acid groups (broad SMARTS) is 1. The van der Waals surface area contributed by atoms with Crippen molar-refractivity contribution in [1.29, 1.82) is 0 Å². The highest BCUT2D eigenvalue weighted by atomic mass is 31.2. The first-order chi connectivity index (χ1) is 16.0. The molecule has 0 spiro atoms. The van der Waals surface area contributed by atoms with Gasteiger partial charge in [-0.3, -0.25) is 13.8 Å². The molecule has 2 heterocycles. The van der Waals surface area contributed by atoms with Gasteiger partial charge in [0.25, 0.3) is 0 Å². The minimum Gasteiger partial charge on any atom is -0.480 e. The van der Waals surface area contributed by atoms with Gasteiger partial charge in [0.05, 0.1) is 19.8 Å². The fourth-order valence-corrected chi connectivity index (χ4v) is 3.95. The number of phosphoric ester groups is 2. The molecule has 21 heteroatoms. The molecule has 0 radical (unpaired) electrons. The van der Waals surface area contributed by atoms with Crippen LogP contribution in [-0.2, 0) is 41.9 Å². The largest absolute Gasteiger partial charge is 0.480 e. The number of ether oxygens (including phenoxy) is 4. The molecule has 2 rings (SSSR count). The van der Waals surface area contributed by atoms with E-state index in [1.807, 2.05) is 0 Å². The Balaban J connectivity index is 2.12. The van der Waals surface area contributed by atoms with E-state index < -0.39 is 103 Å². The lowest BCUT2D eigenvalue weighted by molar-refractivity contribution is -0.341. The summed E-state index contributed by atoms with van der Waals surface area (Å²) >= 11 is 0. The molecule has 35 heavy (non-hydrogen) atoms. The molecule has 2 saturated heterocycles. The Bertz CT molecular complexity index is 804. The quantitative estimate of drug-likeness (QED) is 0.106. The van der Waals surface area contributed by atoms with Gasteiger partial charge in [0, 0.05) is 0 Å². The van der Waals surface area contributed by atoms with Crippen molar-refractivity contribution in [3.8, 4) is 0 Å². The zero-order chi connectivity index (χ0) is 26.7. The van der Waals surface area contributed by atoms with E-state index in [-0.39, 0.29) is 0 Å². The summed E-state index contributed by atoms with van der Waals surface area (Å²) in [5.74, 6) is -1.46. The molecule has 0 bridgehead atoms. The van der Waals surface area contributed by atoms with Crippen molar-refractivity contribution in [2.24, 2.45) is 5.73 Å². The second kappa shape index (κ2) is 12.2. The summed E-state index contributed by atoms with van der Waals surface area (Å²) in [7, 11) is -10.3. The Morgan fingerprint density at radius 1 is 0.971 bits per heavy atom. The Labute approximate surface area is 196 Å². The van der Waals surface area contributed by atoms with Crippen molar-refractivity contribution in [2.75, 3.05) is 19.8 Å². The van der Waals surface area contributed by atoms with Crippen LogP contribution in [0.5, 0.6) is 0 Å². The molecule has 0 saturated carbocycles. The number of carbonyl (C=O) groups is 1. The van der Waals surface area contributed by atoms with Crippen LogP contribution in [0.15, 0.2) is 0 Å². The van der Waals surface area contributed by atoms with Gasteiger partial charge in [-0.25, -0.2) is 9.13 Å². The summed E-state index contributed by atoms with van der Waals surface area (Å²) < 4.78 is 51.7. The van der Waals surface area contributed by atoms with E-state index >= 15 is 0 Å². The van der Waals surface area contributed by atoms with Crippen molar-refractivity contribution in [3.63, 3.8) is 0 Å². The summed E-state index contributed by atoms with van der Waals surface area (Å²) in [6, 6.07) is -1.55. The van der Waals surface area contributed by atoms with Crippen molar-refractivity contribution >= 4 is 21.6 Å². The minimum absolute atomic E-state index is 0.607. The second-order valence-corrected chi connectivity index (χ2v) is 9.94. The van der Waals surface area contributed by atoms with E-state index in [0.29, 0.717) is 0 Å². The highest BCUT2D eigenvalue weighted by molar-refractivity contribution is 7.46. The fourth-order valence-electron chi connectivity index (χ4n) is 3.07. The topological polar surface area (TPSA) is 315 Å². The van der Waals surface area contributed by atoms with Crippen molar-refractivity contribution < 1.29 is 87.0 Å². The summed E-state index contributed by atoms with van der Waals surface area (Å²) in [6.45, 7) is -2.25. The standard InChI is InChI=1S/C14H27NO18P2/c15-4(12(20)21)1-28-14-11(33-35(25,26)27)8(17)5(2-29-14)31-13-10(19)9(18)7(16)6(32-13)3-30-34(22,23)24/h4-11,13-14,16-19H,1-3,15H2,(H,20,21)(H2,22,23,24)(H2,25,26,27)/t4-,5+,6+,7-,8-,9-,10+,11+,13+,14+/m0/s1. The number of aliphatic carboxylic acids is 1.